The van der Waals surface area contributed by atoms with Crippen LogP contribution in [0.3, 0.4) is 0 Å². The summed E-state index contributed by atoms with van der Waals surface area (Å²) in [6, 6.07) is 14.0. The van der Waals surface area contributed by atoms with Crippen molar-refractivity contribution in [3.05, 3.63) is 59.1 Å². The molecule has 9 heteroatoms. The predicted molar refractivity (Wildman–Crippen MR) is 135 cm³/mol. The summed E-state index contributed by atoms with van der Waals surface area (Å²) in [5.41, 5.74) is -0.0340. The molecule has 1 amide bonds. The number of hydrogen-bond acceptors (Lipinski definition) is 5. The van der Waals surface area contributed by atoms with E-state index in [0.717, 1.165) is 44.3 Å². The van der Waals surface area contributed by atoms with E-state index in [2.05, 4.69) is 0 Å². The van der Waals surface area contributed by atoms with Gasteiger partial charge in [-0.05, 0) is 61.6 Å². The van der Waals surface area contributed by atoms with Gasteiger partial charge in [-0.1, -0.05) is 36.7 Å². The van der Waals surface area contributed by atoms with Crippen LogP contribution in [0.1, 0.15) is 38.2 Å². The fraction of sp³-hybridized carbons (Fsp3) is 0.500. The minimum Gasteiger partial charge on any atom is -0.490 e. The van der Waals surface area contributed by atoms with E-state index in [1.165, 1.54) is 4.31 Å². The van der Waals surface area contributed by atoms with E-state index >= 15 is 0 Å². The Kier molecular flexibility index (Phi) is 8.37. The third-order valence-electron chi connectivity index (χ3n) is 6.66. The summed E-state index contributed by atoms with van der Waals surface area (Å²) in [5, 5.41) is 0.533. The number of likely N-dealkylation sites (tertiary alicyclic amines) is 1. The molecule has 2 aromatic rings. The highest BCUT2D eigenvalue weighted by atomic mass is 35.5. The summed E-state index contributed by atoms with van der Waals surface area (Å²) >= 11 is 6.10. The first-order valence-corrected chi connectivity index (χ1v) is 14.0. The number of ether oxygens (including phenoxy) is 2. The van der Waals surface area contributed by atoms with Crippen molar-refractivity contribution in [3.63, 3.8) is 0 Å². The molecule has 0 saturated carbocycles. The summed E-state index contributed by atoms with van der Waals surface area (Å²) in [6.07, 6.45) is 3.96. The smallest absolute Gasteiger partial charge is 0.243 e. The van der Waals surface area contributed by atoms with Crippen LogP contribution in [0, 0.1) is 0 Å². The molecule has 0 unspecified atom stereocenters. The number of amides is 1. The predicted octanol–water partition coefficient (Wildman–Crippen LogP) is 4.14. The second-order valence-corrected chi connectivity index (χ2v) is 11.6. The second kappa shape index (κ2) is 11.3. The Morgan fingerprint density at radius 3 is 2.51 bits per heavy atom. The molecule has 2 fully saturated rings. The largest absolute Gasteiger partial charge is 0.490 e. The molecule has 0 bridgehead atoms. The molecule has 7 nitrogen and oxygen atoms in total. The maximum Gasteiger partial charge on any atom is 0.243 e. The van der Waals surface area contributed by atoms with Crippen LogP contribution in [0.4, 0.5) is 0 Å². The standard InChI is InChI=1S/C26H33ClN2O5S/c1-2-21-9-11-24(12-10-21)35(31,32)29-15-16-34-26(19-29,18-25(30)28-13-4-3-5-14-28)20-33-23-8-6-7-22(27)17-23/h6-12,17H,2-5,13-16,18-20H2,1H3/t26-/m1/s1. The number of nitrogens with zero attached hydrogens (tertiary/aromatic N) is 2. The van der Waals surface area contributed by atoms with Crippen molar-refractivity contribution in [2.75, 3.05) is 39.4 Å². The number of sulfonamides is 1. The maximum atomic E-state index is 13.5. The van der Waals surface area contributed by atoms with E-state index in [-0.39, 0.29) is 43.5 Å². The van der Waals surface area contributed by atoms with Gasteiger partial charge in [-0.25, -0.2) is 8.42 Å². The molecule has 2 aromatic carbocycles. The average molecular weight is 521 g/mol. The molecule has 0 aromatic heterocycles. The summed E-state index contributed by atoms with van der Waals surface area (Å²) in [6.45, 7) is 3.93. The van der Waals surface area contributed by atoms with E-state index in [1.54, 1.807) is 36.4 Å². The van der Waals surface area contributed by atoms with Gasteiger partial charge in [0.2, 0.25) is 15.9 Å². The number of carbonyl (C=O) groups is 1. The molecule has 35 heavy (non-hydrogen) atoms. The quantitative estimate of drug-likeness (QED) is 0.523. The zero-order valence-electron chi connectivity index (χ0n) is 20.1. The van der Waals surface area contributed by atoms with Gasteiger partial charge in [0, 0.05) is 31.2 Å². The number of morpholine rings is 1. The van der Waals surface area contributed by atoms with Crippen LogP contribution >= 0.6 is 11.6 Å². The summed E-state index contributed by atoms with van der Waals surface area (Å²) in [4.78, 5) is 15.3. The van der Waals surface area contributed by atoms with Crippen LogP contribution in [0.5, 0.6) is 5.75 Å². The number of piperidine rings is 1. The number of halogens is 1. The minimum atomic E-state index is -3.76. The summed E-state index contributed by atoms with van der Waals surface area (Å²) in [5.74, 6) is 0.506. The van der Waals surface area contributed by atoms with E-state index < -0.39 is 15.6 Å². The van der Waals surface area contributed by atoms with Crippen molar-refractivity contribution < 1.29 is 22.7 Å². The normalized spacial score (nSPS) is 21.6. The Morgan fingerprint density at radius 2 is 1.83 bits per heavy atom. The number of aryl methyl sites for hydroxylation is 1. The van der Waals surface area contributed by atoms with Gasteiger partial charge in [-0.2, -0.15) is 4.31 Å². The molecule has 2 aliphatic rings. The van der Waals surface area contributed by atoms with E-state index in [9.17, 15) is 13.2 Å². The monoisotopic (exact) mass is 520 g/mol. The first-order valence-electron chi connectivity index (χ1n) is 12.2. The van der Waals surface area contributed by atoms with Crippen LogP contribution in [0.2, 0.25) is 5.02 Å². The minimum absolute atomic E-state index is 0.0327. The van der Waals surface area contributed by atoms with Crippen molar-refractivity contribution in [1.82, 2.24) is 9.21 Å². The van der Waals surface area contributed by atoms with Crippen molar-refractivity contribution in [3.8, 4) is 5.75 Å². The fourth-order valence-electron chi connectivity index (χ4n) is 4.61. The summed E-state index contributed by atoms with van der Waals surface area (Å²) in [7, 11) is -3.76. The van der Waals surface area contributed by atoms with Crippen LogP contribution in [0.15, 0.2) is 53.4 Å². The van der Waals surface area contributed by atoms with Gasteiger partial charge in [0.25, 0.3) is 0 Å². The third-order valence-corrected chi connectivity index (χ3v) is 8.76. The van der Waals surface area contributed by atoms with Crippen molar-refractivity contribution in [2.24, 2.45) is 0 Å². The lowest BCUT2D eigenvalue weighted by molar-refractivity contribution is -0.151. The Balaban J connectivity index is 1.57. The Labute approximate surface area is 213 Å². The van der Waals surface area contributed by atoms with Gasteiger partial charge in [0.15, 0.2) is 0 Å². The van der Waals surface area contributed by atoms with Crippen LogP contribution in [-0.4, -0.2) is 68.5 Å². The fourth-order valence-corrected chi connectivity index (χ4v) is 6.29. The van der Waals surface area contributed by atoms with Gasteiger partial charge < -0.3 is 14.4 Å². The molecule has 0 aliphatic carbocycles. The molecular weight excluding hydrogens is 488 g/mol. The maximum absolute atomic E-state index is 13.5. The van der Waals surface area contributed by atoms with Crippen molar-refractivity contribution >= 4 is 27.5 Å². The highest BCUT2D eigenvalue weighted by Crippen LogP contribution is 2.30. The third kappa shape index (κ3) is 6.36. The van der Waals surface area contributed by atoms with Gasteiger partial charge in [-0.15, -0.1) is 0 Å². The second-order valence-electron chi connectivity index (χ2n) is 9.23. The number of carbonyl (C=O) groups excluding carboxylic acids is 1. The highest BCUT2D eigenvalue weighted by molar-refractivity contribution is 7.89. The molecule has 1 atom stereocenters. The summed E-state index contributed by atoms with van der Waals surface area (Å²) < 4.78 is 40.6. The van der Waals surface area contributed by atoms with Crippen LogP contribution in [0.25, 0.3) is 0 Å². The lowest BCUT2D eigenvalue weighted by Crippen LogP contribution is -2.58. The van der Waals surface area contributed by atoms with E-state index in [4.69, 9.17) is 21.1 Å². The van der Waals surface area contributed by atoms with Crippen molar-refractivity contribution in [2.45, 2.75) is 49.5 Å². The highest BCUT2D eigenvalue weighted by Gasteiger charge is 2.44. The van der Waals surface area contributed by atoms with E-state index in [1.807, 2.05) is 24.0 Å². The SMILES string of the molecule is CCc1ccc(S(=O)(=O)N2CCO[C@](COc3cccc(Cl)c3)(CC(=O)N3CCCCC3)C2)cc1. The number of hydrogen-bond donors (Lipinski definition) is 0. The van der Waals surface area contributed by atoms with E-state index in [0.29, 0.717) is 10.8 Å². The van der Waals surface area contributed by atoms with Crippen LogP contribution < -0.4 is 4.74 Å². The van der Waals surface area contributed by atoms with Crippen LogP contribution in [-0.2, 0) is 26.0 Å². The number of rotatable bonds is 8. The van der Waals surface area contributed by atoms with Gasteiger partial charge in [-0.3, -0.25) is 4.79 Å². The number of benzene rings is 2. The lowest BCUT2D eigenvalue weighted by Gasteiger charge is -2.42. The molecular formula is C26H33ClN2O5S. The first-order chi connectivity index (χ1) is 16.8. The van der Waals surface area contributed by atoms with Gasteiger partial charge >= 0.3 is 0 Å². The molecule has 2 aliphatic heterocycles. The molecule has 0 radical (unpaired) electrons. The molecule has 4 rings (SSSR count). The molecule has 2 heterocycles. The van der Waals surface area contributed by atoms with Crippen molar-refractivity contribution in [1.29, 1.82) is 0 Å². The molecule has 0 spiro atoms. The Morgan fingerprint density at radius 1 is 1.09 bits per heavy atom. The molecule has 190 valence electrons. The topological polar surface area (TPSA) is 76.1 Å². The van der Waals surface area contributed by atoms with Gasteiger partial charge in [0.1, 0.15) is 18.0 Å². The Hall–Kier alpha value is -2.13. The Bertz CT molecular complexity index is 1120. The average Bonchev–Trinajstić information content (AvgIpc) is 2.88. The zero-order chi connectivity index (χ0) is 24.9. The van der Waals surface area contributed by atoms with Gasteiger partial charge in [0.05, 0.1) is 17.9 Å². The first kappa shape index (κ1) is 25.9. The zero-order valence-corrected chi connectivity index (χ0v) is 21.7. The lowest BCUT2D eigenvalue weighted by atomic mass is 9.97. The molecule has 2 saturated heterocycles. The molecule has 0 N–H and O–H groups in total.